The number of esters is 1. The van der Waals surface area contributed by atoms with Crippen LogP contribution in [0.5, 0.6) is 11.5 Å². The van der Waals surface area contributed by atoms with Crippen molar-refractivity contribution in [1.82, 2.24) is 9.62 Å². The van der Waals surface area contributed by atoms with Crippen LogP contribution in [0.3, 0.4) is 0 Å². The monoisotopic (exact) mass is 494 g/mol. The number of methoxy groups -OCH3 is 2. The topological polar surface area (TPSA) is 169 Å². The molecule has 13 heteroatoms. The number of nitrogens with one attached hydrogen (secondary N) is 1. The van der Waals surface area contributed by atoms with Gasteiger partial charge >= 0.3 is 16.3 Å². The minimum Gasteiger partial charge on any atom is -0.508 e. The Labute approximate surface area is 194 Å². The predicted molar refractivity (Wildman–Crippen MR) is 115 cm³/mol. The van der Waals surface area contributed by atoms with Gasteiger partial charge in [-0.1, -0.05) is 24.3 Å². The smallest absolute Gasteiger partial charge is 0.362 e. The normalized spacial score (nSPS) is 18.6. The molecule has 2 atom stereocenters. The van der Waals surface area contributed by atoms with E-state index in [-0.39, 0.29) is 22.2 Å². The fraction of sp³-hybridized carbons (Fsp3) is 0.286. The first kappa shape index (κ1) is 25.0. The molecule has 2 unspecified atom stereocenters. The van der Waals surface area contributed by atoms with Gasteiger partial charge in [0, 0.05) is 7.11 Å². The molecule has 0 bridgehead atoms. The standard InChI is InChI=1S/C21H22N2O10S/c1-31-16-9-3-13(4-10-16)11-33-19(26)17(14-5-7-15(24)8-6-14)18(25)22-21(32-2)12-23(20(21)27)34(28,29)30/h3-10,17,24H,11-12H2,1-2H3,(H,22,25)(H,28,29,30). The first-order valence-corrected chi connectivity index (χ1v) is 11.2. The Balaban J connectivity index is 1.81. The maximum absolute atomic E-state index is 13.1. The molecule has 2 amide bonds. The van der Waals surface area contributed by atoms with Crippen LogP contribution in [0.1, 0.15) is 17.0 Å². The molecule has 2 aromatic rings. The highest BCUT2D eigenvalue weighted by atomic mass is 32.2. The number of carbonyl (C=O) groups excluding carboxylic acids is 3. The summed E-state index contributed by atoms with van der Waals surface area (Å²) in [5.41, 5.74) is -1.34. The third kappa shape index (κ3) is 5.11. The molecule has 3 N–H and O–H groups in total. The molecule has 0 aromatic heterocycles. The van der Waals surface area contributed by atoms with E-state index in [1.165, 1.54) is 31.4 Å². The second kappa shape index (κ2) is 9.67. The summed E-state index contributed by atoms with van der Waals surface area (Å²) in [6.45, 7) is -0.869. The number of rotatable bonds is 9. The molecule has 0 aliphatic carbocycles. The lowest BCUT2D eigenvalue weighted by Crippen LogP contribution is -2.76. The fourth-order valence-corrected chi connectivity index (χ4v) is 3.93. The molecule has 1 fully saturated rings. The molecule has 0 saturated carbocycles. The van der Waals surface area contributed by atoms with E-state index in [0.717, 1.165) is 7.11 Å². The van der Waals surface area contributed by atoms with E-state index in [9.17, 15) is 27.9 Å². The van der Waals surface area contributed by atoms with Gasteiger partial charge in [0.05, 0.1) is 13.7 Å². The molecule has 0 spiro atoms. The number of phenols is 1. The van der Waals surface area contributed by atoms with E-state index in [1.807, 2.05) is 0 Å². The Morgan fingerprint density at radius 2 is 1.74 bits per heavy atom. The lowest BCUT2D eigenvalue weighted by molar-refractivity contribution is -0.181. The summed E-state index contributed by atoms with van der Waals surface area (Å²) in [5, 5.41) is 11.8. The number of hydrogen-bond donors (Lipinski definition) is 3. The van der Waals surface area contributed by atoms with Crippen LogP contribution < -0.4 is 10.1 Å². The van der Waals surface area contributed by atoms with Crippen LogP contribution in [0.15, 0.2) is 48.5 Å². The number of amides is 2. The lowest BCUT2D eigenvalue weighted by atomic mass is 9.96. The van der Waals surface area contributed by atoms with Gasteiger partial charge in [0.25, 0.3) is 5.91 Å². The average Bonchev–Trinajstić information content (AvgIpc) is 2.80. The molecule has 1 saturated heterocycles. The molecule has 1 aliphatic rings. The molecule has 0 radical (unpaired) electrons. The zero-order valence-corrected chi connectivity index (χ0v) is 18.9. The van der Waals surface area contributed by atoms with E-state index in [2.05, 4.69) is 5.32 Å². The molecular formula is C21H22N2O10S. The summed E-state index contributed by atoms with van der Waals surface area (Å²) >= 11 is 0. The Hall–Kier alpha value is -3.68. The fourth-order valence-electron chi connectivity index (χ4n) is 3.23. The van der Waals surface area contributed by atoms with Crippen LogP contribution >= 0.6 is 0 Å². The highest BCUT2D eigenvalue weighted by Crippen LogP contribution is 2.29. The molecule has 12 nitrogen and oxygen atoms in total. The van der Waals surface area contributed by atoms with Crippen molar-refractivity contribution < 1.29 is 46.7 Å². The van der Waals surface area contributed by atoms with Crippen molar-refractivity contribution in [2.24, 2.45) is 0 Å². The van der Waals surface area contributed by atoms with E-state index in [1.54, 1.807) is 24.3 Å². The van der Waals surface area contributed by atoms with Gasteiger partial charge in [-0.3, -0.25) is 18.9 Å². The van der Waals surface area contributed by atoms with Crippen LogP contribution in [-0.4, -0.2) is 66.7 Å². The Morgan fingerprint density at radius 3 is 2.24 bits per heavy atom. The first-order chi connectivity index (χ1) is 16.0. The summed E-state index contributed by atoms with van der Waals surface area (Å²) in [6, 6.07) is 11.8. The van der Waals surface area contributed by atoms with Crippen molar-refractivity contribution in [3.8, 4) is 11.5 Å². The molecule has 2 aromatic carbocycles. The number of ether oxygens (including phenoxy) is 3. The number of nitrogens with zero attached hydrogens (tertiary/aromatic N) is 1. The Bertz CT molecular complexity index is 1180. The van der Waals surface area contributed by atoms with Crippen LogP contribution in [0.2, 0.25) is 0 Å². The highest BCUT2D eigenvalue weighted by molar-refractivity contribution is 7.84. The number of phenolic OH excluding ortho intramolecular Hbond substituents is 1. The van der Waals surface area contributed by atoms with E-state index >= 15 is 0 Å². The molecule has 34 heavy (non-hydrogen) atoms. The van der Waals surface area contributed by atoms with Crippen molar-refractivity contribution in [3.63, 3.8) is 0 Å². The summed E-state index contributed by atoms with van der Waals surface area (Å²) in [6.07, 6.45) is 0. The largest absolute Gasteiger partial charge is 0.508 e. The quantitative estimate of drug-likeness (QED) is 0.145. The van der Waals surface area contributed by atoms with E-state index < -0.39 is 46.3 Å². The van der Waals surface area contributed by atoms with Crippen molar-refractivity contribution in [1.29, 1.82) is 0 Å². The zero-order chi connectivity index (χ0) is 25.1. The number of benzene rings is 2. The van der Waals surface area contributed by atoms with Gasteiger partial charge in [-0.25, -0.2) is 4.31 Å². The van der Waals surface area contributed by atoms with Gasteiger partial charge < -0.3 is 24.6 Å². The van der Waals surface area contributed by atoms with Gasteiger partial charge in [0.15, 0.2) is 5.92 Å². The van der Waals surface area contributed by atoms with Gasteiger partial charge in [-0.2, -0.15) is 8.42 Å². The van der Waals surface area contributed by atoms with Crippen LogP contribution in [-0.2, 0) is 40.8 Å². The van der Waals surface area contributed by atoms with Gasteiger partial charge in [0.2, 0.25) is 11.6 Å². The highest BCUT2D eigenvalue weighted by Gasteiger charge is 2.59. The van der Waals surface area contributed by atoms with Crippen molar-refractivity contribution in [3.05, 3.63) is 59.7 Å². The van der Waals surface area contributed by atoms with Gasteiger partial charge in [-0.05, 0) is 35.4 Å². The molecular weight excluding hydrogens is 472 g/mol. The van der Waals surface area contributed by atoms with E-state index in [0.29, 0.717) is 11.3 Å². The lowest BCUT2D eigenvalue weighted by Gasteiger charge is -2.45. The third-order valence-corrected chi connectivity index (χ3v) is 6.01. The summed E-state index contributed by atoms with van der Waals surface area (Å²) in [7, 11) is -2.29. The molecule has 1 heterocycles. The van der Waals surface area contributed by atoms with Crippen LogP contribution in [0.25, 0.3) is 0 Å². The maximum Gasteiger partial charge on any atom is 0.362 e. The maximum atomic E-state index is 13.1. The molecule has 182 valence electrons. The first-order valence-electron chi connectivity index (χ1n) is 9.76. The number of hydrogen-bond acceptors (Lipinski definition) is 9. The minimum absolute atomic E-state index is 0.105. The SMILES string of the molecule is COc1ccc(COC(=O)C(C(=O)NC2(OC)CN(S(=O)(=O)O)C2=O)c2ccc(O)cc2)cc1. The predicted octanol–water partition coefficient (Wildman–Crippen LogP) is 0.332. The number of carbonyl (C=O) groups is 3. The average molecular weight is 494 g/mol. The van der Waals surface area contributed by atoms with Crippen LogP contribution in [0, 0.1) is 0 Å². The summed E-state index contributed by atoms with van der Waals surface area (Å²) < 4.78 is 47.1. The zero-order valence-electron chi connectivity index (χ0n) is 18.1. The summed E-state index contributed by atoms with van der Waals surface area (Å²) in [5.74, 6) is -4.31. The second-order valence-electron chi connectivity index (χ2n) is 7.29. The second-order valence-corrected chi connectivity index (χ2v) is 8.63. The Morgan fingerprint density at radius 1 is 1.12 bits per heavy atom. The van der Waals surface area contributed by atoms with Crippen molar-refractivity contribution >= 4 is 28.1 Å². The van der Waals surface area contributed by atoms with Crippen molar-refractivity contribution in [2.75, 3.05) is 20.8 Å². The number of β-lactam (4-membered cyclic amide) rings is 1. The molecule has 1 aliphatic heterocycles. The third-order valence-electron chi connectivity index (χ3n) is 5.15. The van der Waals surface area contributed by atoms with Crippen LogP contribution in [0.4, 0.5) is 0 Å². The minimum atomic E-state index is -4.85. The van der Waals surface area contributed by atoms with Gasteiger partial charge in [-0.15, -0.1) is 0 Å². The number of aromatic hydroxyl groups is 1. The van der Waals surface area contributed by atoms with Crippen molar-refractivity contribution in [2.45, 2.75) is 18.2 Å². The summed E-state index contributed by atoms with van der Waals surface area (Å²) in [4.78, 5) is 38.3. The molecule has 3 rings (SSSR count). The van der Waals surface area contributed by atoms with E-state index in [4.69, 9.17) is 18.8 Å². The Kier molecular flexibility index (Phi) is 7.09. The van der Waals surface area contributed by atoms with Gasteiger partial charge in [0.1, 0.15) is 18.1 Å².